The van der Waals surface area contributed by atoms with Crippen molar-refractivity contribution in [2.75, 3.05) is 6.61 Å². The van der Waals surface area contributed by atoms with Crippen LogP contribution in [0.25, 0.3) is 11.4 Å². The third-order valence-electron chi connectivity index (χ3n) is 4.66. The molecule has 1 atom stereocenters. The lowest BCUT2D eigenvalue weighted by Gasteiger charge is -2.22. The van der Waals surface area contributed by atoms with Crippen LogP contribution in [0.15, 0.2) is 47.7 Å². The van der Waals surface area contributed by atoms with E-state index < -0.39 is 0 Å². The Morgan fingerprint density at radius 1 is 1.23 bits per heavy atom. The zero-order valence-electron chi connectivity index (χ0n) is 14.7. The van der Waals surface area contributed by atoms with Crippen LogP contribution in [0.3, 0.4) is 0 Å². The molecule has 1 aromatic carbocycles. The van der Waals surface area contributed by atoms with Crippen molar-refractivity contribution in [1.82, 2.24) is 24.5 Å². The standard InChI is InChI=1S/C19H21N5O2/c1-14-16(18-20-13-24(22-18)17-9-5-6-10-26-17)11-21-23(19(14)25)12-15-7-3-2-4-8-15/h2-4,7-8,11,13,17H,5-6,9-10,12H2,1H3. The molecule has 4 rings (SSSR count). The predicted molar refractivity (Wildman–Crippen MR) is 96.6 cm³/mol. The van der Waals surface area contributed by atoms with Gasteiger partial charge in [-0.15, -0.1) is 5.10 Å². The Bertz CT molecular complexity index is 942. The van der Waals surface area contributed by atoms with Crippen LogP contribution in [-0.4, -0.2) is 31.2 Å². The molecule has 3 heterocycles. The maximum atomic E-state index is 12.7. The lowest BCUT2D eigenvalue weighted by molar-refractivity contribution is -0.0395. The van der Waals surface area contributed by atoms with Crippen molar-refractivity contribution in [2.24, 2.45) is 0 Å². The fourth-order valence-electron chi connectivity index (χ4n) is 3.15. The first kappa shape index (κ1) is 16.7. The summed E-state index contributed by atoms with van der Waals surface area (Å²) in [5.41, 5.74) is 2.16. The van der Waals surface area contributed by atoms with Crippen LogP contribution in [0, 0.1) is 6.92 Å². The van der Waals surface area contributed by atoms with Crippen molar-refractivity contribution in [2.45, 2.75) is 39.0 Å². The molecule has 0 amide bonds. The number of rotatable bonds is 4. The van der Waals surface area contributed by atoms with Crippen LogP contribution < -0.4 is 5.56 Å². The third kappa shape index (κ3) is 3.30. The Morgan fingerprint density at radius 3 is 2.85 bits per heavy atom. The molecule has 1 unspecified atom stereocenters. The van der Waals surface area contributed by atoms with Crippen LogP contribution in [0.5, 0.6) is 0 Å². The summed E-state index contributed by atoms with van der Waals surface area (Å²) in [6.07, 6.45) is 6.40. The molecule has 0 N–H and O–H groups in total. The van der Waals surface area contributed by atoms with E-state index in [1.807, 2.05) is 30.3 Å². The van der Waals surface area contributed by atoms with E-state index in [0.29, 0.717) is 23.5 Å². The molecule has 1 fully saturated rings. The fraction of sp³-hybridized carbons (Fsp3) is 0.368. The van der Waals surface area contributed by atoms with E-state index in [1.54, 1.807) is 24.1 Å². The second kappa shape index (κ2) is 7.21. The number of hydrogen-bond donors (Lipinski definition) is 0. The largest absolute Gasteiger partial charge is 0.356 e. The van der Waals surface area contributed by atoms with Gasteiger partial charge in [-0.3, -0.25) is 4.79 Å². The van der Waals surface area contributed by atoms with Crippen molar-refractivity contribution in [1.29, 1.82) is 0 Å². The van der Waals surface area contributed by atoms with Gasteiger partial charge in [0.1, 0.15) is 6.33 Å². The van der Waals surface area contributed by atoms with Gasteiger partial charge in [0.05, 0.1) is 12.7 Å². The number of benzene rings is 1. The van der Waals surface area contributed by atoms with Crippen LogP contribution in [0.2, 0.25) is 0 Å². The van der Waals surface area contributed by atoms with Gasteiger partial charge in [-0.2, -0.15) is 5.10 Å². The average Bonchev–Trinajstić information content (AvgIpc) is 3.17. The lowest BCUT2D eigenvalue weighted by Crippen LogP contribution is -2.26. The summed E-state index contributed by atoms with van der Waals surface area (Å²) >= 11 is 0. The Hall–Kier alpha value is -2.80. The summed E-state index contributed by atoms with van der Waals surface area (Å²) in [6.45, 7) is 2.98. The van der Waals surface area contributed by atoms with Crippen molar-refractivity contribution in [3.8, 4) is 11.4 Å². The molecule has 134 valence electrons. The van der Waals surface area contributed by atoms with Gasteiger partial charge in [-0.25, -0.2) is 14.3 Å². The zero-order valence-corrected chi connectivity index (χ0v) is 14.7. The van der Waals surface area contributed by atoms with Crippen LogP contribution in [0.1, 0.15) is 36.6 Å². The van der Waals surface area contributed by atoms with Crippen molar-refractivity contribution in [3.05, 3.63) is 64.3 Å². The van der Waals surface area contributed by atoms with Crippen LogP contribution in [-0.2, 0) is 11.3 Å². The van der Waals surface area contributed by atoms with Crippen LogP contribution in [0.4, 0.5) is 0 Å². The smallest absolute Gasteiger partial charge is 0.270 e. The van der Waals surface area contributed by atoms with Gasteiger partial charge in [0.2, 0.25) is 0 Å². The highest BCUT2D eigenvalue weighted by atomic mass is 16.5. The van der Waals surface area contributed by atoms with Gasteiger partial charge >= 0.3 is 0 Å². The quantitative estimate of drug-likeness (QED) is 0.722. The molecule has 7 heteroatoms. The Morgan fingerprint density at radius 2 is 2.08 bits per heavy atom. The number of ether oxygens (including phenoxy) is 1. The van der Waals surface area contributed by atoms with Crippen molar-refractivity contribution < 1.29 is 4.74 Å². The minimum absolute atomic E-state index is 0.0725. The lowest BCUT2D eigenvalue weighted by atomic mass is 10.1. The second-order valence-electron chi connectivity index (χ2n) is 6.50. The van der Waals surface area contributed by atoms with Crippen LogP contribution >= 0.6 is 0 Å². The van der Waals surface area contributed by atoms with E-state index in [4.69, 9.17) is 4.74 Å². The first-order valence-corrected chi connectivity index (χ1v) is 8.86. The number of nitrogens with zero attached hydrogens (tertiary/aromatic N) is 5. The molecule has 1 aliphatic rings. The summed E-state index contributed by atoms with van der Waals surface area (Å²) < 4.78 is 8.94. The SMILES string of the molecule is Cc1c(-c2ncn(C3CCCCO3)n2)cnn(Cc2ccccc2)c1=O. The van der Waals surface area contributed by atoms with E-state index >= 15 is 0 Å². The van der Waals surface area contributed by atoms with E-state index in [-0.39, 0.29) is 11.8 Å². The summed E-state index contributed by atoms with van der Waals surface area (Å²) in [5, 5.41) is 8.83. The molecule has 3 aromatic rings. The molecule has 7 nitrogen and oxygen atoms in total. The van der Waals surface area contributed by atoms with Gasteiger partial charge in [-0.05, 0) is 31.7 Å². The Balaban J connectivity index is 1.61. The maximum Gasteiger partial charge on any atom is 0.270 e. The first-order chi connectivity index (χ1) is 12.7. The van der Waals surface area contributed by atoms with Crippen molar-refractivity contribution in [3.63, 3.8) is 0 Å². The number of hydrogen-bond acceptors (Lipinski definition) is 5. The fourth-order valence-corrected chi connectivity index (χ4v) is 3.15. The minimum atomic E-state index is -0.128. The maximum absolute atomic E-state index is 12.7. The first-order valence-electron chi connectivity index (χ1n) is 8.86. The van der Waals surface area contributed by atoms with Crippen molar-refractivity contribution >= 4 is 0 Å². The zero-order chi connectivity index (χ0) is 17.9. The predicted octanol–water partition coefficient (Wildman–Crippen LogP) is 2.56. The third-order valence-corrected chi connectivity index (χ3v) is 4.66. The molecule has 1 aliphatic heterocycles. The molecule has 0 spiro atoms. The molecule has 26 heavy (non-hydrogen) atoms. The summed E-state index contributed by atoms with van der Waals surface area (Å²) in [7, 11) is 0. The van der Waals surface area contributed by atoms with Gasteiger partial charge in [0, 0.05) is 17.7 Å². The molecule has 0 aliphatic carbocycles. The highest BCUT2D eigenvalue weighted by Crippen LogP contribution is 2.23. The normalized spacial score (nSPS) is 17.3. The highest BCUT2D eigenvalue weighted by Gasteiger charge is 2.19. The Labute approximate surface area is 151 Å². The molecule has 2 aromatic heterocycles. The van der Waals surface area contributed by atoms with E-state index in [1.165, 1.54) is 4.68 Å². The number of aromatic nitrogens is 5. The molecule has 0 saturated carbocycles. The summed E-state index contributed by atoms with van der Waals surface area (Å²) in [4.78, 5) is 17.1. The van der Waals surface area contributed by atoms with E-state index in [9.17, 15) is 4.79 Å². The minimum Gasteiger partial charge on any atom is -0.356 e. The Kier molecular flexibility index (Phi) is 4.62. The molecule has 0 bridgehead atoms. The second-order valence-corrected chi connectivity index (χ2v) is 6.50. The molecular weight excluding hydrogens is 330 g/mol. The summed E-state index contributed by atoms with van der Waals surface area (Å²) in [6, 6.07) is 9.80. The van der Waals surface area contributed by atoms with Gasteiger partial charge in [0.25, 0.3) is 5.56 Å². The van der Waals surface area contributed by atoms with Gasteiger partial charge in [-0.1, -0.05) is 30.3 Å². The topological polar surface area (TPSA) is 74.8 Å². The molecule has 1 saturated heterocycles. The van der Waals surface area contributed by atoms with E-state index in [2.05, 4.69) is 15.2 Å². The molecule has 0 radical (unpaired) electrons. The average molecular weight is 351 g/mol. The van der Waals surface area contributed by atoms with E-state index in [0.717, 1.165) is 31.4 Å². The van der Waals surface area contributed by atoms with Gasteiger partial charge in [0.15, 0.2) is 12.1 Å². The monoisotopic (exact) mass is 351 g/mol. The molecular formula is C19H21N5O2. The summed E-state index contributed by atoms with van der Waals surface area (Å²) in [5.74, 6) is 0.508. The highest BCUT2D eigenvalue weighted by molar-refractivity contribution is 5.56. The van der Waals surface area contributed by atoms with Gasteiger partial charge < -0.3 is 4.74 Å².